The molecule has 3 nitrogen and oxygen atoms in total. The highest BCUT2D eigenvalue weighted by Crippen LogP contribution is 2.40. The summed E-state index contributed by atoms with van der Waals surface area (Å²) in [6.45, 7) is 0. The molecule has 3 rings (SSSR count). The van der Waals surface area contributed by atoms with Crippen LogP contribution in [0.4, 0.5) is 11.4 Å². The molecule has 92 valence electrons. The summed E-state index contributed by atoms with van der Waals surface area (Å²) in [4.78, 5) is 0. The number of anilines is 2. The Bertz CT molecular complexity index is 559. The minimum Gasteiger partial charge on any atom is -0.455 e. The topological polar surface area (TPSA) is 61.3 Å². The third kappa shape index (κ3) is 2.25. The second kappa shape index (κ2) is 4.26. The number of nitrogens with two attached hydrogens (primary N) is 2. The van der Waals surface area contributed by atoms with Gasteiger partial charge in [0.2, 0.25) is 0 Å². The maximum absolute atomic E-state index is 5.85. The molecule has 3 heteroatoms. The molecule has 0 atom stereocenters. The first-order chi connectivity index (χ1) is 8.72. The average Bonchev–Trinajstić information content (AvgIpc) is 3.18. The Morgan fingerprint density at radius 3 is 2.28 bits per heavy atom. The first-order valence-corrected chi connectivity index (χ1v) is 6.15. The monoisotopic (exact) mass is 240 g/mol. The van der Waals surface area contributed by atoms with Crippen LogP contribution in [0.1, 0.15) is 24.3 Å². The molecular formula is C15H16N2O. The zero-order chi connectivity index (χ0) is 12.5. The molecule has 18 heavy (non-hydrogen) atoms. The van der Waals surface area contributed by atoms with Crippen molar-refractivity contribution in [3.8, 4) is 11.5 Å². The number of ether oxygens (including phenoxy) is 1. The van der Waals surface area contributed by atoms with Crippen LogP contribution < -0.4 is 16.2 Å². The summed E-state index contributed by atoms with van der Waals surface area (Å²) < 4.78 is 5.74. The SMILES string of the molecule is Nc1ccc(Oc2ccc(C3CC3)cc2)c(N)c1. The van der Waals surface area contributed by atoms with Gasteiger partial charge in [0.1, 0.15) is 11.5 Å². The quantitative estimate of drug-likeness (QED) is 0.807. The second-order valence-electron chi connectivity index (χ2n) is 4.74. The van der Waals surface area contributed by atoms with Crippen LogP contribution in [-0.4, -0.2) is 0 Å². The Balaban J connectivity index is 1.78. The van der Waals surface area contributed by atoms with Crippen molar-refractivity contribution in [1.29, 1.82) is 0 Å². The van der Waals surface area contributed by atoms with Gasteiger partial charge in [-0.3, -0.25) is 0 Å². The van der Waals surface area contributed by atoms with Gasteiger partial charge in [0, 0.05) is 5.69 Å². The van der Waals surface area contributed by atoms with E-state index in [1.807, 2.05) is 12.1 Å². The normalized spacial score (nSPS) is 14.4. The molecule has 0 saturated heterocycles. The van der Waals surface area contributed by atoms with Gasteiger partial charge in [-0.15, -0.1) is 0 Å². The van der Waals surface area contributed by atoms with E-state index in [2.05, 4.69) is 12.1 Å². The molecule has 2 aromatic rings. The maximum atomic E-state index is 5.85. The third-order valence-electron chi connectivity index (χ3n) is 3.19. The highest BCUT2D eigenvalue weighted by Gasteiger charge is 2.23. The predicted molar refractivity (Wildman–Crippen MR) is 73.8 cm³/mol. The van der Waals surface area contributed by atoms with E-state index in [-0.39, 0.29) is 0 Å². The lowest BCUT2D eigenvalue weighted by atomic mass is 10.1. The van der Waals surface area contributed by atoms with Crippen LogP contribution in [0.5, 0.6) is 11.5 Å². The molecule has 1 aliphatic carbocycles. The maximum Gasteiger partial charge on any atom is 0.150 e. The van der Waals surface area contributed by atoms with E-state index < -0.39 is 0 Å². The van der Waals surface area contributed by atoms with Crippen LogP contribution in [0.3, 0.4) is 0 Å². The number of rotatable bonds is 3. The van der Waals surface area contributed by atoms with Crippen molar-refractivity contribution in [2.24, 2.45) is 0 Å². The molecular weight excluding hydrogens is 224 g/mol. The van der Waals surface area contributed by atoms with E-state index >= 15 is 0 Å². The van der Waals surface area contributed by atoms with Gasteiger partial charge >= 0.3 is 0 Å². The Morgan fingerprint density at radius 2 is 1.67 bits per heavy atom. The highest BCUT2D eigenvalue weighted by atomic mass is 16.5. The van der Waals surface area contributed by atoms with Crippen LogP contribution in [0.25, 0.3) is 0 Å². The average molecular weight is 240 g/mol. The van der Waals surface area contributed by atoms with Gasteiger partial charge in [0.05, 0.1) is 5.69 Å². The molecule has 1 fully saturated rings. The second-order valence-corrected chi connectivity index (χ2v) is 4.74. The number of nitrogen functional groups attached to an aromatic ring is 2. The van der Waals surface area contributed by atoms with Crippen molar-refractivity contribution in [2.45, 2.75) is 18.8 Å². The summed E-state index contributed by atoms with van der Waals surface area (Å²) >= 11 is 0. The first-order valence-electron chi connectivity index (χ1n) is 6.15. The summed E-state index contributed by atoms with van der Waals surface area (Å²) in [5, 5.41) is 0. The van der Waals surface area contributed by atoms with E-state index in [1.165, 1.54) is 18.4 Å². The van der Waals surface area contributed by atoms with Crippen molar-refractivity contribution in [2.75, 3.05) is 11.5 Å². The summed E-state index contributed by atoms with van der Waals surface area (Å²) in [5.41, 5.74) is 14.1. The largest absolute Gasteiger partial charge is 0.455 e. The van der Waals surface area contributed by atoms with Crippen LogP contribution in [-0.2, 0) is 0 Å². The lowest BCUT2D eigenvalue weighted by Gasteiger charge is -2.09. The number of hydrogen-bond acceptors (Lipinski definition) is 3. The molecule has 0 amide bonds. The smallest absolute Gasteiger partial charge is 0.150 e. The van der Waals surface area contributed by atoms with Crippen molar-refractivity contribution >= 4 is 11.4 Å². The van der Waals surface area contributed by atoms with Gasteiger partial charge in [-0.1, -0.05) is 12.1 Å². The molecule has 0 spiro atoms. The first kappa shape index (κ1) is 11.0. The molecule has 1 aliphatic rings. The van der Waals surface area contributed by atoms with E-state index in [4.69, 9.17) is 16.2 Å². The lowest BCUT2D eigenvalue weighted by molar-refractivity contribution is 0.485. The molecule has 0 bridgehead atoms. The summed E-state index contributed by atoms with van der Waals surface area (Å²) in [6.07, 6.45) is 2.62. The fourth-order valence-corrected chi connectivity index (χ4v) is 2.01. The summed E-state index contributed by atoms with van der Waals surface area (Å²) in [5.74, 6) is 2.21. The lowest BCUT2D eigenvalue weighted by Crippen LogP contribution is -1.94. The van der Waals surface area contributed by atoms with Gasteiger partial charge in [0.25, 0.3) is 0 Å². The molecule has 0 radical (unpaired) electrons. The van der Waals surface area contributed by atoms with Gasteiger partial charge < -0.3 is 16.2 Å². The standard InChI is InChI=1S/C15H16N2O/c16-12-5-8-15(14(17)9-12)18-13-6-3-11(4-7-13)10-1-2-10/h3-10H,1-2,16-17H2. The molecule has 0 unspecified atom stereocenters. The fourth-order valence-electron chi connectivity index (χ4n) is 2.01. The van der Waals surface area contributed by atoms with Crippen molar-refractivity contribution in [1.82, 2.24) is 0 Å². The zero-order valence-corrected chi connectivity index (χ0v) is 10.1. The van der Waals surface area contributed by atoms with Crippen molar-refractivity contribution < 1.29 is 4.74 Å². The zero-order valence-electron chi connectivity index (χ0n) is 10.1. The molecule has 0 heterocycles. The van der Waals surface area contributed by atoms with Crippen LogP contribution in [0.15, 0.2) is 42.5 Å². The number of benzene rings is 2. The molecule has 0 aliphatic heterocycles. The predicted octanol–water partition coefficient (Wildman–Crippen LogP) is 3.52. The van der Waals surface area contributed by atoms with E-state index in [1.54, 1.807) is 18.2 Å². The van der Waals surface area contributed by atoms with Crippen LogP contribution >= 0.6 is 0 Å². The Labute approximate surface area is 106 Å². The van der Waals surface area contributed by atoms with Crippen LogP contribution in [0.2, 0.25) is 0 Å². The molecule has 0 aromatic heterocycles. The Morgan fingerprint density at radius 1 is 0.944 bits per heavy atom. The molecule has 4 N–H and O–H groups in total. The Hall–Kier alpha value is -2.16. The highest BCUT2D eigenvalue weighted by molar-refractivity contribution is 5.61. The minimum absolute atomic E-state index is 0.557. The van der Waals surface area contributed by atoms with Gasteiger partial charge in [-0.2, -0.15) is 0 Å². The summed E-state index contributed by atoms with van der Waals surface area (Å²) in [7, 11) is 0. The van der Waals surface area contributed by atoms with E-state index in [0.29, 0.717) is 17.1 Å². The Kier molecular flexibility index (Phi) is 2.59. The van der Waals surface area contributed by atoms with Crippen molar-refractivity contribution in [3.05, 3.63) is 48.0 Å². The summed E-state index contributed by atoms with van der Waals surface area (Å²) in [6, 6.07) is 13.5. The van der Waals surface area contributed by atoms with E-state index in [9.17, 15) is 0 Å². The van der Waals surface area contributed by atoms with Gasteiger partial charge in [-0.25, -0.2) is 0 Å². The molecule has 1 saturated carbocycles. The third-order valence-corrected chi connectivity index (χ3v) is 3.19. The van der Waals surface area contributed by atoms with Gasteiger partial charge in [-0.05, 0) is 54.7 Å². The van der Waals surface area contributed by atoms with Gasteiger partial charge in [0.15, 0.2) is 0 Å². The van der Waals surface area contributed by atoms with E-state index in [0.717, 1.165) is 11.7 Å². The minimum atomic E-state index is 0.557. The number of hydrogen-bond donors (Lipinski definition) is 2. The van der Waals surface area contributed by atoms with Crippen molar-refractivity contribution in [3.63, 3.8) is 0 Å². The fraction of sp³-hybridized carbons (Fsp3) is 0.200. The van der Waals surface area contributed by atoms with Crippen LogP contribution in [0, 0.1) is 0 Å². The molecule has 2 aromatic carbocycles.